The fourth-order valence-corrected chi connectivity index (χ4v) is 3.35. The number of carbonyl (C=O) groups is 1. The average Bonchev–Trinajstić information content (AvgIpc) is 2.93. The number of rotatable bonds is 2. The van der Waals surface area contributed by atoms with Gasteiger partial charge in [-0.3, -0.25) is 4.79 Å². The maximum atomic E-state index is 12.7. The molecule has 4 rings (SSSR count). The lowest BCUT2D eigenvalue weighted by Crippen LogP contribution is -2.44. The van der Waals surface area contributed by atoms with Crippen molar-refractivity contribution in [2.45, 2.75) is 5.54 Å². The SMILES string of the molecule is N#CC1(NC(=O)c2ccccc2)c2ccccc2-c2ccccc21. The van der Waals surface area contributed by atoms with E-state index in [-0.39, 0.29) is 5.91 Å². The van der Waals surface area contributed by atoms with Crippen LogP contribution in [-0.4, -0.2) is 5.91 Å². The van der Waals surface area contributed by atoms with Crippen molar-refractivity contribution in [3.8, 4) is 17.2 Å². The van der Waals surface area contributed by atoms with Gasteiger partial charge in [0.15, 0.2) is 5.54 Å². The van der Waals surface area contributed by atoms with Crippen LogP contribution in [0.15, 0.2) is 78.9 Å². The van der Waals surface area contributed by atoms with Crippen LogP contribution in [0.5, 0.6) is 0 Å². The molecule has 3 heteroatoms. The number of nitriles is 1. The molecule has 0 saturated heterocycles. The number of fused-ring (bicyclic) bond motifs is 3. The molecule has 0 unspecified atom stereocenters. The van der Waals surface area contributed by atoms with E-state index in [4.69, 9.17) is 0 Å². The monoisotopic (exact) mass is 310 g/mol. The summed E-state index contributed by atoms with van der Waals surface area (Å²) in [6.07, 6.45) is 0. The Labute approximate surface area is 140 Å². The highest BCUT2D eigenvalue weighted by atomic mass is 16.1. The van der Waals surface area contributed by atoms with Crippen LogP contribution in [-0.2, 0) is 5.54 Å². The summed E-state index contributed by atoms with van der Waals surface area (Å²) < 4.78 is 0. The molecule has 1 aliphatic carbocycles. The van der Waals surface area contributed by atoms with Gasteiger partial charge in [-0.2, -0.15) is 5.26 Å². The zero-order chi connectivity index (χ0) is 16.6. The van der Waals surface area contributed by atoms with Gasteiger partial charge in [0.05, 0.1) is 0 Å². The Bertz CT molecular complexity index is 925. The van der Waals surface area contributed by atoms with Crippen molar-refractivity contribution < 1.29 is 4.79 Å². The molecule has 0 spiro atoms. The number of hydrogen-bond donors (Lipinski definition) is 1. The van der Waals surface area contributed by atoms with Crippen molar-refractivity contribution in [1.29, 1.82) is 5.26 Å². The van der Waals surface area contributed by atoms with E-state index in [1.54, 1.807) is 12.1 Å². The van der Waals surface area contributed by atoms with Crippen LogP contribution < -0.4 is 5.32 Å². The predicted octanol–water partition coefficient (Wildman–Crippen LogP) is 3.86. The van der Waals surface area contributed by atoms with Crippen molar-refractivity contribution >= 4 is 5.91 Å². The highest BCUT2D eigenvalue weighted by molar-refractivity contribution is 5.97. The van der Waals surface area contributed by atoms with Crippen molar-refractivity contribution in [2.75, 3.05) is 0 Å². The Kier molecular flexibility index (Phi) is 3.18. The molecule has 0 aromatic heterocycles. The molecule has 3 nitrogen and oxygen atoms in total. The van der Waals surface area contributed by atoms with E-state index in [2.05, 4.69) is 11.4 Å². The lowest BCUT2D eigenvalue weighted by Gasteiger charge is -2.25. The minimum Gasteiger partial charge on any atom is -0.326 e. The van der Waals surface area contributed by atoms with Crippen LogP contribution in [0.1, 0.15) is 21.5 Å². The third-order valence-corrected chi connectivity index (χ3v) is 4.46. The molecule has 1 N–H and O–H groups in total. The first-order valence-corrected chi connectivity index (χ1v) is 7.74. The molecule has 0 fully saturated rings. The van der Waals surface area contributed by atoms with Crippen LogP contribution in [0.2, 0.25) is 0 Å². The Morgan fingerprint density at radius 1 is 0.792 bits per heavy atom. The first-order valence-electron chi connectivity index (χ1n) is 7.74. The third-order valence-electron chi connectivity index (χ3n) is 4.46. The van der Waals surface area contributed by atoms with Crippen molar-refractivity contribution in [1.82, 2.24) is 5.32 Å². The minimum absolute atomic E-state index is 0.261. The van der Waals surface area contributed by atoms with Gasteiger partial charge in [0, 0.05) is 16.7 Å². The minimum atomic E-state index is -1.17. The second-order valence-electron chi connectivity index (χ2n) is 5.77. The third kappa shape index (κ3) is 1.94. The molecule has 0 heterocycles. The van der Waals surface area contributed by atoms with Gasteiger partial charge in [0.25, 0.3) is 5.91 Å². The fourth-order valence-electron chi connectivity index (χ4n) is 3.35. The first kappa shape index (κ1) is 14.2. The van der Waals surface area contributed by atoms with Crippen LogP contribution >= 0.6 is 0 Å². The summed E-state index contributed by atoms with van der Waals surface area (Å²) >= 11 is 0. The van der Waals surface area contributed by atoms with E-state index >= 15 is 0 Å². The van der Waals surface area contributed by atoms with Crippen molar-refractivity contribution in [3.63, 3.8) is 0 Å². The second kappa shape index (κ2) is 5.36. The van der Waals surface area contributed by atoms with Crippen LogP contribution in [0.4, 0.5) is 0 Å². The Morgan fingerprint density at radius 3 is 1.83 bits per heavy atom. The van der Waals surface area contributed by atoms with E-state index in [9.17, 15) is 10.1 Å². The van der Waals surface area contributed by atoms with E-state index in [1.165, 1.54) is 0 Å². The van der Waals surface area contributed by atoms with E-state index in [0.717, 1.165) is 22.3 Å². The molecule has 114 valence electrons. The Balaban J connectivity index is 1.88. The van der Waals surface area contributed by atoms with Gasteiger partial charge in [-0.1, -0.05) is 66.7 Å². The quantitative estimate of drug-likeness (QED) is 0.781. The fraction of sp³-hybridized carbons (Fsp3) is 0.0476. The van der Waals surface area contributed by atoms with E-state index in [1.807, 2.05) is 66.7 Å². The summed E-state index contributed by atoms with van der Waals surface area (Å²) in [5, 5.41) is 13.0. The lowest BCUT2D eigenvalue weighted by atomic mass is 9.88. The van der Waals surface area contributed by atoms with E-state index < -0.39 is 5.54 Å². The van der Waals surface area contributed by atoms with Crippen molar-refractivity contribution in [2.24, 2.45) is 0 Å². The number of carbonyl (C=O) groups excluding carboxylic acids is 1. The number of hydrogen-bond acceptors (Lipinski definition) is 2. The molecule has 0 radical (unpaired) electrons. The summed E-state index contributed by atoms with van der Waals surface area (Å²) in [4.78, 5) is 12.7. The molecular weight excluding hydrogens is 296 g/mol. The zero-order valence-electron chi connectivity index (χ0n) is 12.9. The Morgan fingerprint density at radius 2 is 1.29 bits per heavy atom. The van der Waals surface area contributed by atoms with Gasteiger partial charge in [-0.25, -0.2) is 0 Å². The van der Waals surface area contributed by atoms with Gasteiger partial charge in [0.2, 0.25) is 0 Å². The predicted molar refractivity (Wildman–Crippen MR) is 92.2 cm³/mol. The van der Waals surface area contributed by atoms with Crippen LogP contribution in [0.25, 0.3) is 11.1 Å². The zero-order valence-corrected chi connectivity index (χ0v) is 12.9. The normalized spacial score (nSPS) is 13.5. The molecule has 1 aliphatic rings. The van der Waals surface area contributed by atoms with Crippen molar-refractivity contribution in [3.05, 3.63) is 95.6 Å². The van der Waals surface area contributed by atoms with Gasteiger partial charge in [-0.15, -0.1) is 0 Å². The number of nitrogens with one attached hydrogen (secondary N) is 1. The molecule has 1 amide bonds. The first-order chi connectivity index (χ1) is 11.8. The summed E-state index contributed by atoms with van der Waals surface area (Å²) in [6, 6.07) is 26.8. The van der Waals surface area contributed by atoms with E-state index in [0.29, 0.717) is 5.56 Å². The largest absolute Gasteiger partial charge is 0.326 e. The summed E-state index contributed by atoms with van der Waals surface area (Å²) in [6.45, 7) is 0. The molecule has 0 saturated carbocycles. The van der Waals surface area contributed by atoms with Gasteiger partial charge in [-0.05, 0) is 23.3 Å². The molecule has 0 bridgehead atoms. The molecule has 3 aromatic rings. The molecular formula is C21H14N2O. The van der Waals surface area contributed by atoms with Gasteiger partial charge in [0.1, 0.15) is 6.07 Å². The molecule has 0 aliphatic heterocycles. The highest BCUT2D eigenvalue weighted by Crippen LogP contribution is 2.47. The maximum Gasteiger partial charge on any atom is 0.253 e. The summed E-state index contributed by atoms with van der Waals surface area (Å²) in [5.41, 5.74) is 2.98. The molecule has 24 heavy (non-hydrogen) atoms. The number of amides is 1. The number of nitrogens with zero attached hydrogens (tertiary/aromatic N) is 1. The standard InChI is InChI=1S/C21H14N2O/c22-14-21(23-20(24)15-8-2-1-3-9-15)18-12-6-4-10-16(18)17-11-5-7-13-19(17)21/h1-13H,(H,23,24). The average molecular weight is 310 g/mol. The Hall–Kier alpha value is -3.38. The van der Waals surface area contributed by atoms with Gasteiger partial charge >= 0.3 is 0 Å². The second-order valence-corrected chi connectivity index (χ2v) is 5.77. The van der Waals surface area contributed by atoms with Crippen LogP contribution in [0.3, 0.4) is 0 Å². The topological polar surface area (TPSA) is 52.9 Å². The highest BCUT2D eigenvalue weighted by Gasteiger charge is 2.44. The molecule has 0 atom stereocenters. The lowest BCUT2D eigenvalue weighted by molar-refractivity contribution is 0.0930. The maximum absolute atomic E-state index is 12.7. The van der Waals surface area contributed by atoms with Crippen LogP contribution in [0, 0.1) is 11.3 Å². The smallest absolute Gasteiger partial charge is 0.253 e. The molecule has 3 aromatic carbocycles. The summed E-state index contributed by atoms with van der Waals surface area (Å²) in [5.74, 6) is -0.261. The van der Waals surface area contributed by atoms with Gasteiger partial charge < -0.3 is 5.32 Å². The summed E-state index contributed by atoms with van der Waals surface area (Å²) in [7, 11) is 0. The number of benzene rings is 3.